The van der Waals surface area contributed by atoms with Gasteiger partial charge in [0.1, 0.15) is 0 Å². The highest BCUT2D eigenvalue weighted by Crippen LogP contribution is 2.38. The second-order valence-electron chi connectivity index (χ2n) is 4.17. The third-order valence-corrected chi connectivity index (χ3v) is 2.82. The quantitative estimate of drug-likeness (QED) is 0.795. The van der Waals surface area contributed by atoms with Crippen LogP contribution in [0.15, 0.2) is 30.3 Å². The van der Waals surface area contributed by atoms with Crippen LogP contribution < -0.4 is 0 Å². The second-order valence-corrected chi connectivity index (χ2v) is 5.81. The zero-order valence-electron chi connectivity index (χ0n) is 9.50. The van der Waals surface area contributed by atoms with Crippen molar-refractivity contribution in [3.63, 3.8) is 0 Å². The largest absolute Gasteiger partial charge is 0.329 e. The van der Waals surface area contributed by atoms with Crippen LogP contribution in [-0.2, 0) is 10.7 Å². The van der Waals surface area contributed by atoms with Crippen molar-refractivity contribution in [2.24, 2.45) is 5.92 Å². The van der Waals surface area contributed by atoms with E-state index in [0.717, 1.165) is 5.56 Å². The van der Waals surface area contributed by atoms with E-state index in [1.165, 1.54) is 0 Å². The molecule has 2 N–H and O–H groups in total. The lowest BCUT2D eigenvalue weighted by molar-refractivity contribution is 0.371. The Labute approximate surface area is 96.0 Å². The topological polar surface area (TPSA) is 57.5 Å². The summed E-state index contributed by atoms with van der Waals surface area (Å²) in [7, 11) is -3.95. The highest BCUT2D eigenvalue weighted by molar-refractivity contribution is 7.50. The van der Waals surface area contributed by atoms with Crippen molar-refractivity contribution in [1.82, 2.24) is 0 Å². The van der Waals surface area contributed by atoms with Crippen molar-refractivity contribution >= 4 is 13.7 Å². The number of hydrogen-bond acceptors (Lipinski definition) is 1. The first kappa shape index (κ1) is 13.2. The molecule has 0 radical (unpaired) electrons. The van der Waals surface area contributed by atoms with Crippen LogP contribution in [0.3, 0.4) is 0 Å². The van der Waals surface area contributed by atoms with E-state index in [9.17, 15) is 4.57 Å². The van der Waals surface area contributed by atoms with Crippen LogP contribution in [0, 0.1) is 5.92 Å². The van der Waals surface area contributed by atoms with Crippen LogP contribution in [0.2, 0.25) is 0 Å². The van der Waals surface area contributed by atoms with Crippen molar-refractivity contribution in [2.75, 3.05) is 0 Å². The van der Waals surface area contributed by atoms with E-state index in [2.05, 4.69) is 19.9 Å². The fourth-order valence-corrected chi connectivity index (χ4v) is 1.96. The summed E-state index contributed by atoms with van der Waals surface area (Å²) in [6, 6.07) is 7.23. The van der Waals surface area contributed by atoms with E-state index < -0.39 is 7.60 Å². The van der Waals surface area contributed by atoms with Gasteiger partial charge in [-0.25, -0.2) is 0 Å². The third kappa shape index (κ3) is 5.26. The van der Waals surface area contributed by atoms with Gasteiger partial charge in [0.25, 0.3) is 0 Å². The molecule has 1 rings (SSSR count). The summed E-state index contributed by atoms with van der Waals surface area (Å²) >= 11 is 0. The number of benzene rings is 1. The normalized spacial score (nSPS) is 12.6. The average Bonchev–Trinajstić information content (AvgIpc) is 2.14. The van der Waals surface area contributed by atoms with Gasteiger partial charge in [0.2, 0.25) is 0 Å². The fraction of sp³-hybridized carbons (Fsp3) is 0.333. The van der Waals surface area contributed by atoms with E-state index in [1.54, 1.807) is 12.1 Å². The molecule has 4 heteroatoms. The molecule has 16 heavy (non-hydrogen) atoms. The average molecular weight is 240 g/mol. The summed E-state index contributed by atoms with van der Waals surface area (Å²) in [5.41, 5.74) is 1.71. The molecule has 0 heterocycles. The molecule has 0 spiro atoms. The first-order valence-corrected chi connectivity index (χ1v) is 6.98. The highest BCUT2D eigenvalue weighted by atomic mass is 31.2. The van der Waals surface area contributed by atoms with Crippen molar-refractivity contribution in [3.05, 3.63) is 41.5 Å². The SMILES string of the molecule is CC(C)/C=C/c1ccc(CP(=O)(O)O)cc1. The molecule has 0 aliphatic heterocycles. The molecule has 0 saturated heterocycles. The molecular weight excluding hydrogens is 223 g/mol. The Bertz CT molecular complexity index is 401. The lowest BCUT2D eigenvalue weighted by Gasteiger charge is -2.04. The number of hydrogen-bond donors (Lipinski definition) is 2. The van der Waals surface area contributed by atoms with Gasteiger partial charge >= 0.3 is 7.60 Å². The standard InChI is InChI=1S/C12H17O3P/c1-10(2)3-4-11-5-7-12(8-6-11)9-16(13,14)15/h3-8,10H,9H2,1-2H3,(H2,13,14,15)/b4-3+. The molecule has 0 aliphatic rings. The van der Waals surface area contributed by atoms with E-state index in [-0.39, 0.29) is 6.16 Å². The molecule has 0 saturated carbocycles. The molecule has 0 unspecified atom stereocenters. The van der Waals surface area contributed by atoms with E-state index >= 15 is 0 Å². The van der Waals surface area contributed by atoms with Gasteiger partial charge in [-0.05, 0) is 17.0 Å². The Hall–Kier alpha value is -0.890. The van der Waals surface area contributed by atoms with Gasteiger partial charge < -0.3 is 9.79 Å². The van der Waals surface area contributed by atoms with Crippen molar-refractivity contribution in [3.8, 4) is 0 Å². The predicted octanol–water partition coefficient (Wildman–Crippen LogP) is 3.03. The summed E-state index contributed by atoms with van der Waals surface area (Å²) < 4.78 is 10.8. The van der Waals surface area contributed by atoms with Crippen LogP contribution in [0.4, 0.5) is 0 Å². The van der Waals surface area contributed by atoms with Gasteiger partial charge in [-0.2, -0.15) is 0 Å². The molecule has 3 nitrogen and oxygen atoms in total. The maximum Gasteiger partial charge on any atom is 0.329 e. The Morgan fingerprint density at radius 2 is 1.81 bits per heavy atom. The molecule has 0 bridgehead atoms. The number of rotatable bonds is 4. The lowest BCUT2D eigenvalue weighted by atomic mass is 10.1. The van der Waals surface area contributed by atoms with Gasteiger partial charge in [-0.15, -0.1) is 0 Å². The van der Waals surface area contributed by atoms with Gasteiger partial charge in [-0.1, -0.05) is 50.3 Å². The second kappa shape index (κ2) is 5.44. The molecule has 0 fully saturated rings. The molecular formula is C12H17O3P. The fourth-order valence-electron chi connectivity index (χ4n) is 1.28. The van der Waals surface area contributed by atoms with Crippen molar-refractivity contribution in [2.45, 2.75) is 20.0 Å². The van der Waals surface area contributed by atoms with Crippen LogP contribution in [0.5, 0.6) is 0 Å². The van der Waals surface area contributed by atoms with E-state index in [1.807, 2.05) is 18.2 Å². The van der Waals surface area contributed by atoms with Crippen LogP contribution >= 0.6 is 7.60 Å². The van der Waals surface area contributed by atoms with Crippen molar-refractivity contribution < 1.29 is 14.4 Å². The Morgan fingerprint density at radius 1 is 1.25 bits per heavy atom. The molecule has 0 amide bonds. The molecule has 88 valence electrons. The summed E-state index contributed by atoms with van der Waals surface area (Å²) in [6.45, 7) is 4.19. The predicted molar refractivity (Wildman–Crippen MR) is 66.1 cm³/mol. The zero-order valence-corrected chi connectivity index (χ0v) is 10.4. The third-order valence-electron chi connectivity index (χ3n) is 2.04. The Kier molecular flexibility index (Phi) is 4.48. The molecule has 1 aromatic rings. The zero-order chi connectivity index (χ0) is 12.2. The Balaban J connectivity index is 2.72. The van der Waals surface area contributed by atoms with Crippen LogP contribution in [-0.4, -0.2) is 9.79 Å². The van der Waals surface area contributed by atoms with Gasteiger partial charge in [0.05, 0.1) is 6.16 Å². The highest BCUT2D eigenvalue weighted by Gasteiger charge is 2.13. The Morgan fingerprint density at radius 3 is 2.25 bits per heavy atom. The van der Waals surface area contributed by atoms with Gasteiger partial charge in [0.15, 0.2) is 0 Å². The maximum atomic E-state index is 10.8. The number of allylic oxidation sites excluding steroid dienone is 1. The summed E-state index contributed by atoms with van der Waals surface area (Å²) in [5.74, 6) is 0.495. The van der Waals surface area contributed by atoms with E-state index in [4.69, 9.17) is 9.79 Å². The molecule has 1 aromatic carbocycles. The van der Waals surface area contributed by atoms with Crippen LogP contribution in [0.25, 0.3) is 6.08 Å². The maximum absolute atomic E-state index is 10.8. The molecule has 0 atom stereocenters. The minimum Gasteiger partial charge on any atom is -0.324 e. The lowest BCUT2D eigenvalue weighted by Crippen LogP contribution is -1.86. The first-order valence-electron chi connectivity index (χ1n) is 5.18. The van der Waals surface area contributed by atoms with Crippen LogP contribution in [0.1, 0.15) is 25.0 Å². The van der Waals surface area contributed by atoms with Gasteiger partial charge in [0, 0.05) is 0 Å². The first-order chi connectivity index (χ1) is 7.37. The monoisotopic (exact) mass is 240 g/mol. The van der Waals surface area contributed by atoms with E-state index in [0.29, 0.717) is 11.5 Å². The smallest absolute Gasteiger partial charge is 0.324 e. The minimum absolute atomic E-state index is 0.193. The minimum atomic E-state index is -3.95. The summed E-state index contributed by atoms with van der Waals surface area (Å²) in [6.07, 6.45) is 3.89. The molecule has 0 aromatic heterocycles. The summed E-state index contributed by atoms with van der Waals surface area (Å²) in [5, 5.41) is 0. The van der Waals surface area contributed by atoms with Crippen molar-refractivity contribution in [1.29, 1.82) is 0 Å². The molecule has 0 aliphatic carbocycles. The van der Waals surface area contributed by atoms with Gasteiger partial charge in [-0.3, -0.25) is 4.57 Å². The summed E-state index contributed by atoms with van der Waals surface area (Å²) in [4.78, 5) is 17.6.